The lowest BCUT2D eigenvalue weighted by molar-refractivity contribution is 0.330. The molecule has 3 rings (SSSR count). The molecule has 1 heterocycles. The van der Waals surface area contributed by atoms with Gasteiger partial charge in [-0.25, -0.2) is 0 Å². The molecule has 1 aromatic carbocycles. The molecule has 1 aromatic rings. The number of nitrogens with zero attached hydrogens (tertiary/aromatic N) is 1. The van der Waals surface area contributed by atoms with Gasteiger partial charge in [0.2, 0.25) is 0 Å². The summed E-state index contributed by atoms with van der Waals surface area (Å²) in [5, 5.41) is 3.64. The summed E-state index contributed by atoms with van der Waals surface area (Å²) in [4.78, 5) is 2.69. The standard InChI is InChI=1S/C17H26N2/c1-13-7-9-16(10-8-13)19-12-14(2)18-11-15-5-3-4-6-17(15)19/h3-6,13-14,16,18H,7-12H2,1-2H3. The first-order chi connectivity index (χ1) is 9.24. The number of fused-ring (bicyclic) bond motifs is 1. The molecule has 2 aliphatic rings. The van der Waals surface area contributed by atoms with E-state index in [1.807, 2.05) is 0 Å². The van der Waals surface area contributed by atoms with Gasteiger partial charge in [0, 0.05) is 30.9 Å². The molecule has 0 amide bonds. The highest BCUT2D eigenvalue weighted by Crippen LogP contribution is 2.33. The molecule has 0 spiro atoms. The molecular formula is C17H26N2. The highest BCUT2D eigenvalue weighted by atomic mass is 15.2. The monoisotopic (exact) mass is 258 g/mol. The zero-order chi connectivity index (χ0) is 13.2. The van der Waals surface area contributed by atoms with Crippen molar-refractivity contribution in [2.75, 3.05) is 11.4 Å². The molecule has 0 aromatic heterocycles. The minimum absolute atomic E-state index is 0.576. The van der Waals surface area contributed by atoms with Crippen LogP contribution < -0.4 is 10.2 Å². The Labute approximate surface area is 117 Å². The molecule has 0 radical (unpaired) electrons. The van der Waals surface area contributed by atoms with Gasteiger partial charge in [0.25, 0.3) is 0 Å². The number of rotatable bonds is 1. The average molecular weight is 258 g/mol. The molecule has 1 saturated carbocycles. The van der Waals surface area contributed by atoms with E-state index in [9.17, 15) is 0 Å². The number of anilines is 1. The molecule has 1 fully saturated rings. The van der Waals surface area contributed by atoms with Crippen LogP contribution in [0.5, 0.6) is 0 Å². The van der Waals surface area contributed by atoms with E-state index in [1.165, 1.54) is 36.9 Å². The Morgan fingerprint density at radius 3 is 2.58 bits per heavy atom. The molecule has 1 unspecified atom stereocenters. The Bertz CT molecular complexity index is 421. The van der Waals surface area contributed by atoms with Gasteiger partial charge in [-0.15, -0.1) is 0 Å². The SMILES string of the molecule is CC1CCC(N2CC(C)NCc3ccccc32)CC1. The maximum atomic E-state index is 3.64. The van der Waals surface area contributed by atoms with Crippen molar-refractivity contribution in [3.8, 4) is 0 Å². The summed E-state index contributed by atoms with van der Waals surface area (Å²) in [7, 11) is 0. The molecule has 1 N–H and O–H groups in total. The first-order valence-electron chi connectivity index (χ1n) is 7.82. The van der Waals surface area contributed by atoms with E-state index in [-0.39, 0.29) is 0 Å². The van der Waals surface area contributed by atoms with Crippen molar-refractivity contribution in [1.29, 1.82) is 0 Å². The van der Waals surface area contributed by atoms with Crippen LogP contribution in [0.15, 0.2) is 24.3 Å². The van der Waals surface area contributed by atoms with E-state index in [1.54, 1.807) is 0 Å². The van der Waals surface area contributed by atoms with Gasteiger partial charge in [0.15, 0.2) is 0 Å². The normalized spacial score (nSPS) is 31.7. The van der Waals surface area contributed by atoms with E-state index < -0.39 is 0 Å². The molecule has 2 heteroatoms. The van der Waals surface area contributed by atoms with E-state index >= 15 is 0 Å². The minimum atomic E-state index is 0.576. The smallest absolute Gasteiger partial charge is 0.0414 e. The number of hydrogen-bond donors (Lipinski definition) is 1. The van der Waals surface area contributed by atoms with Crippen LogP contribution in [-0.2, 0) is 6.54 Å². The Morgan fingerprint density at radius 2 is 1.79 bits per heavy atom. The summed E-state index contributed by atoms with van der Waals surface area (Å²) >= 11 is 0. The minimum Gasteiger partial charge on any atom is -0.367 e. The third-order valence-corrected chi connectivity index (χ3v) is 4.84. The lowest BCUT2D eigenvalue weighted by Crippen LogP contribution is -2.43. The van der Waals surface area contributed by atoms with Crippen molar-refractivity contribution < 1.29 is 0 Å². The largest absolute Gasteiger partial charge is 0.367 e. The fourth-order valence-corrected chi connectivity index (χ4v) is 3.58. The highest BCUT2D eigenvalue weighted by molar-refractivity contribution is 5.55. The van der Waals surface area contributed by atoms with Gasteiger partial charge in [0.1, 0.15) is 0 Å². The molecular weight excluding hydrogens is 232 g/mol. The third-order valence-electron chi connectivity index (χ3n) is 4.84. The summed E-state index contributed by atoms with van der Waals surface area (Å²) in [6.07, 6.45) is 5.51. The first-order valence-corrected chi connectivity index (χ1v) is 7.82. The topological polar surface area (TPSA) is 15.3 Å². The van der Waals surface area contributed by atoms with E-state index in [2.05, 4.69) is 48.3 Å². The molecule has 0 saturated heterocycles. The van der Waals surface area contributed by atoms with Crippen molar-refractivity contribution in [2.45, 2.75) is 58.2 Å². The lowest BCUT2D eigenvalue weighted by Gasteiger charge is -2.38. The quantitative estimate of drug-likeness (QED) is 0.828. The van der Waals surface area contributed by atoms with E-state index in [4.69, 9.17) is 0 Å². The fraction of sp³-hybridized carbons (Fsp3) is 0.647. The van der Waals surface area contributed by atoms with Gasteiger partial charge in [-0.3, -0.25) is 0 Å². The highest BCUT2D eigenvalue weighted by Gasteiger charge is 2.28. The van der Waals surface area contributed by atoms with Crippen LogP contribution in [0.25, 0.3) is 0 Å². The van der Waals surface area contributed by atoms with Crippen LogP contribution in [0.2, 0.25) is 0 Å². The van der Waals surface area contributed by atoms with Crippen molar-refractivity contribution >= 4 is 5.69 Å². The molecule has 1 atom stereocenters. The van der Waals surface area contributed by atoms with Crippen LogP contribution in [0.3, 0.4) is 0 Å². The summed E-state index contributed by atoms with van der Waals surface area (Å²) in [6, 6.07) is 10.3. The number of hydrogen-bond acceptors (Lipinski definition) is 2. The summed E-state index contributed by atoms with van der Waals surface area (Å²) in [5.41, 5.74) is 2.93. The Kier molecular flexibility index (Phi) is 3.79. The number of benzene rings is 1. The zero-order valence-corrected chi connectivity index (χ0v) is 12.2. The number of para-hydroxylation sites is 1. The van der Waals surface area contributed by atoms with Gasteiger partial charge in [-0.05, 0) is 50.2 Å². The molecule has 19 heavy (non-hydrogen) atoms. The van der Waals surface area contributed by atoms with Crippen LogP contribution >= 0.6 is 0 Å². The maximum Gasteiger partial charge on any atom is 0.0414 e. The average Bonchev–Trinajstić information content (AvgIpc) is 2.60. The predicted octanol–water partition coefficient (Wildman–Crippen LogP) is 3.56. The Hall–Kier alpha value is -1.02. The second-order valence-electron chi connectivity index (χ2n) is 6.48. The Morgan fingerprint density at radius 1 is 1.05 bits per heavy atom. The molecule has 104 valence electrons. The number of nitrogens with one attached hydrogen (secondary N) is 1. The second-order valence-corrected chi connectivity index (χ2v) is 6.48. The van der Waals surface area contributed by atoms with Gasteiger partial charge >= 0.3 is 0 Å². The fourth-order valence-electron chi connectivity index (χ4n) is 3.58. The second kappa shape index (κ2) is 5.54. The van der Waals surface area contributed by atoms with Crippen LogP contribution in [0, 0.1) is 5.92 Å². The van der Waals surface area contributed by atoms with Crippen molar-refractivity contribution in [1.82, 2.24) is 5.32 Å². The third kappa shape index (κ3) is 2.79. The van der Waals surface area contributed by atoms with Gasteiger partial charge in [0.05, 0.1) is 0 Å². The van der Waals surface area contributed by atoms with Crippen molar-refractivity contribution in [3.63, 3.8) is 0 Å². The van der Waals surface area contributed by atoms with Crippen molar-refractivity contribution in [2.24, 2.45) is 5.92 Å². The van der Waals surface area contributed by atoms with Crippen LogP contribution in [0.1, 0.15) is 45.1 Å². The van der Waals surface area contributed by atoms with Gasteiger partial charge < -0.3 is 10.2 Å². The first kappa shape index (κ1) is 13.0. The zero-order valence-electron chi connectivity index (χ0n) is 12.2. The van der Waals surface area contributed by atoms with E-state index in [0.717, 1.165) is 25.0 Å². The predicted molar refractivity (Wildman–Crippen MR) is 81.5 cm³/mol. The lowest BCUT2D eigenvalue weighted by atomic mass is 9.86. The molecule has 0 bridgehead atoms. The molecule has 2 nitrogen and oxygen atoms in total. The molecule has 1 aliphatic carbocycles. The van der Waals surface area contributed by atoms with Crippen molar-refractivity contribution in [3.05, 3.63) is 29.8 Å². The van der Waals surface area contributed by atoms with E-state index in [0.29, 0.717) is 6.04 Å². The maximum absolute atomic E-state index is 3.64. The summed E-state index contributed by atoms with van der Waals surface area (Å²) in [5.74, 6) is 0.925. The summed E-state index contributed by atoms with van der Waals surface area (Å²) in [6.45, 7) is 6.87. The summed E-state index contributed by atoms with van der Waals surface area (Å²) < 4.78 is 0. The van der Waals surface area contributed by atoms with Gasteiger partial charge in [-0.1, -0.05) is 25.1 Å². The Balaban J connectivity index is 1.86. The van der Waals surface area contributed by atoms with Gasteiger partial charge in [-0.2, -0.15) is 0 Å². The van der Waals surface area contributed by atoms with Crippen LogP contribution in [0.4, 0.5) is 5.69 Å². The molecule has 1 aliphatic heterocycles. The van der Waals surface area contributed by atoms with Crippen LogP contribution in [-0.4, -0.2) is 18.6 Å².